The molecule has 2 aromatic rings. The fourth-order valence-electron chi connectivity index (χ4n) is 2.35. The molecule has 19 heavy (non-hydrogen) atoms. The van der Waals surface area contributed by atoms with Gasteiger partial charge >= 0.3 is 0 Å². The van der Waals surface area contributed by atoms with Gasteiger partial charge in [0.05, 0.1) is 5.56 Å². The van der Waals surface area contributed by atoms with Crippen molar-refractivity contribution in [2.24, 2.45) is 0 Å². The van der Waals surface area contributed by atoms with E-state index in [1.54, 1.807) is 6.07 Å². The Morgan fingerprint density at radius 3 is 2.84 bits per heavy atom. The molecule has 1 fully saturated rings. The average molecular weight is 257 g/mol. The molecule has 0 bridgehead atoms. The van der Waals surface area contributed by atoms with Crippen molar-refractivity contribution in [1.29, 1.82) is 0 Å². The highest BCUT2D eigenvalue weighted by atomic mass is 16.5. The first-order chi connectivity index (χ1) is 9.24. The quantitative estimate of drug-likeness (QED) is 0.855. The van der Waals surface area contributed by atoms with Gasteiger partial charge < -0.3 is 15.2 Å². The lowest BCUT2D eigenvalue weighted by atomic mass is 10.1. The van der Waals surface area contributed by atoms with Gasteiger partial charge in [-0.2, -0.15) is 0 Å². The number of ether oxygens (including phenoxy) is 1. The van der Waals surface area contributed by atoms with E-state index in [-0.39, 0.29) is 18.1 Å². The van der Waals surface area contributed by atoms with E-state index in [0.29, 0.717) is 0 Å². The molecule has 0 amide bonds. The Hall–Kier alpha value is -1.91. The zero-order valence-electron chi connectivity index (χ0n) is 10.8. The Bertz CT molecular complexity index is 569. The van der Waals surface area contributed by atoms with E-state index in [1.165, 1.54) is 0 Å². The fourth-order valence-corrected chi connectivity index (χ4v) is 2.35. The second kappa shape index (κ2) is 4.99. The summed E-state index contributed by atoms with van der Waals surface area (Å²) < 4.78 is 6.00. The van der Waals surface area contributed by atoms with Crippen molar-refractivity contribution < 1.29 is 15.2 Å². The van der Waals surface area contributed by atoms with Crippen molar-refractivity contribution in [2.75, 3.05) is 6.54 Å². The van der Waals surface area contributed by atoms with Crippen LogP contribution in [0.1, 0.15) is 29.2 Å². The molecule has 0 aliphatic carbocycles. The third kappa shape index (κ3) is 2.45. The van der Waals surface area contributed by atoms with Crippen LogP contribution in [0.2, 0.25) is 0 Å². The number of aryl methyl sites for hydroxylation is 1. The zero-order valence-corrected chi connectivity index (χ0v) is 10.8. The van der Waals surface area contributed by atoms with Gasteiger partial charge in [0, 0.05) is 17.5 Å². The average Bonchev–Trinajstić information content (AvgIpc) is 2.89. The monoisotopic (exact) mass is 257 g/mol. The Morgan fingerprint density at radius 1 is 1.26 bits per heavy atom. The Labute approximate surface area is 112 Å². The molecule has 2 atom stereocenters. The van der Waals surface area contributed by atoms with Crippen LogP contribution in [-0.4, -0.2) is 16.6 Å². The van der Waals surface area contributed by atoms with Crippen molar-refractivity contribution in [3.05, 3.63) is 59.4 Å². The summed E-state index contributed by atoms with van der Waals surface area (Å²) >= 11 is 0. The minimum absolute atomic E-state index is 0.0257. The smallest absolute Gasteiger partial charge is 0.221 e. The number of nitrogens with two attached hydrogens (primary N) is 1. The number of hydrogen-bond donors (Lipinski definition) is 2. The summed E-state index contributed by atoms with van der Waals surface area (Å²) in [5.74, 6) is 0.284. The van der Waals surface area contributed by atoms with E-state index < -0.39 is 0 Å². The highest BCUT2D eigenvalue weighted by Crippen LogP contribution is 2.29. The molecule has 3 rings (SSSR count). The lowest BCUT2D eigenvalue weighted by Crippen LogP contribution is -2.82. The topological polar surface area (TPSA) is 59.0 Å². The number of quaternary nitrogens is 1. The van der Waals surface area contributed by atoms with E-state index in [4.69, 9.17) is 4.74 Å². The molecule has 0 saturated carbocycles. The van der Waals surface area contributed by atoms with Gasteiger partial charge in [0.25, 0.3) is 0 Å². The van der Waals surface area contributed by atoms with Crippen LogP contribution in [0.25, 0.3) is 0 Å². The first kappa shape index (κ1) is 12.1. The second-order valence-electron chi connectivity index (χ2n) is 4.81. The van der Waals surface area contributed by atoms with Crippen LogP contribution in [0.3, 0.4) is 0 Å². The molecule has 1 aromatic carbocycles. The molecule has 1 saturated heterocycles. The number of para-hydroxylation sites is 1. The van der Waals surface area contributed by atoms with Crippen LogP contribution < -0.4 is 5.32 Å². The third-order valence-electron chi connectivity index (χ3n) is 3.42. The third-order valence-corrected chi connectivity index (χ3v) is 3.42. The molecular weight excluding hydrogens is 240 g/mol. The van der Waals surface area contributed by atoms with Gasteiger partial charge in [-0.15, -0.1) is 0 Å². The number of phenols is 1. The fraction of sp³-hybridized carbons (Fsp3) is 0.267. The van der Waals surface area contributed by atoms with Gasteiger partial charge in [-0.1, -0.05) is 18.2 Å². The van der Waals surface area contributed by atoms with Crippen molar-refractivity contribution in [3.8, 4) is 5.75 Å². The van der Waals surface area contributed by atoms with Crippen LogP contribution in [0, 0.1) is 6.92 Å². The first-order valence-electron chi connectivity index (χ1n) is 6.43. The normalized spacial score (nSPS) is 22.6. The van der Waals surface area contributed by atoms with Gasteiger partial charge in [-0.25, -0.2) is 0 Å². The van der Waals surface area contributed by atoms with Crippen molar-refractivity contribution in [3.63, 3.8) is 0 Å². The number of hydrogen-bond acceptors (Lipinski definition) is 3. The molecule has 98 valence electrons. The molecule has 4 nitrogen and oxygen atoms in total. The zero-order chi connectivity index (χ0) is 13.2. The molecule has 0 radical (unpaired) electrons. The van der Waals surface area contributed by atoms with E-state index in [9.17, 15) is 5.11 Å². The first-order valence-corrected chi connectivity index (χ1v) is 6.43. The molecule has 4 heteroatoms. The highest BCUT2D eigenvalue weighted by molar-refractivity contribution is 5.32. The maximum absolute atomic E-state index is 9.85. The highest BCUT2D eigenvalue weighted by Gasteiger charge is 2.32. The molecular formula is C15H17N2O2+. The predicted octanol–water partition coefficient (Wildman–Crippen LogP) is 1.43. The summed E-state index contributed by atoms with van der Waals surface area (Å²) in [7, 11) is 0. The lowest BCUT2D eigenvalue weighted by Gasteiger charge is -2.10. The Kier molecular flexibility index (Phi) is 3.19. The second-order valence-corrected chi connectivity index (χ2v) is 4.81. The summed E-state index contributed by atoms with van der Waals surface area (Å²) in [6.07, 6.45) is 1.74. The van der Waals surface area contributed by atoms with Crippen LogP contribution in [0.4, 0.5) is 0 Å². The SMILES string of the molecule is Cc1ccc([C@@H]2C[NH2+][C@@H](c3ccccc3O)O2)cn1. The van der Waals surface area contributed by atoms with E-state index in [0.717, 1.165) is 23.4 Å². The number of benzene rings is 1. The van der Waals surface area contributed by atoms with Gasteiger partial charge in [-0.3, -0.25) is 4.98 Å². The Morgan fingerprint density at radius 2 is 2.11 bits per heavy atom. The molecule has 1 aliphatic rings. The van der Waals surface area contributed by atoms with Crippen molar-refractivity contribution in [2.45, 2.75) is 19.3 Å². The molecule has 2 heterocycles. The molecule has 1 aromatic heterocycles. The number of pyridine rings is 1. The van der Waals surface area contributed by atoms with E-state index in [1.807, 2.05) is 43.5 Å². The van der Waals surface area contributed by atoms with Crippen LogP contribution >= 0.6 is 0 Å². The molecule has 0 unspecified atom stereocenters. The van der Waals surface area contributed by atoms with Crippen LogP contribution in [0.15, 0.2) is 42.6 Å². The summed E-state index contributed by atoms with van der Waals surface area (Å²) in [5, 5.41) is 11.9. The molecule has 0 spiro atoms. The summed E-state index contributed by atoms with van der Waals surface area (Å²) in [5.41, 5.74) is 2.91. The maximum Gasteiger partial charge on any atom is 0.221 e. The largest absolute Gasteiger partial charge is 0.507 e. The van der Waals surface area contributed by atoms with E-state index >= 15 is 0 Å². The number of phenolic OH excluding ortho intramolecular Hbond substituents is 1. The minimum Gasteiger partial charge on any atom is -0.507 e. The Balaban J connectivity index is 1.77. The van der Waals surface area contributed by atoms with Crippen molar-refractivity contribution in [1.82, 2.24) is 4.98 Å². The summed E-state index contributed by atoms with van der Waals surface area (Å²) in [6.45, 7) is 2.81. The van der Waals surface area contributed by atoms with Gasteiger partial charge in [0.2, 0.25) is 6.23 Å². The number of rotatable bonds is 2. The lowest BCUT2D eigenvalue weighted by molar-refractivity contribution is -0.698. The number of nitrogens with zero attached hydrogens (tertiary/aromatic N) is 1. The summed E-state index contributed by atoms with van der Waals surface area (Å²) in [6, 6.07) is 11.3. The van der Waals surface area contributed by atoms with Crippen molar-refractivity contribution >= 4 is 0 Å². The van der Waals surface area contributed by atoms with Gasteiger partial charge in [0.1, 0.15) is 18.4 Å². The summed E-state index contributed by atoms with van der Waals surface area (Å²) in [4.78, 5) is 4.30. The van der Waals surface area contributed by atoms with Crippen LogP contribution in [-0.2, 0) is 4.74 Å². The predicted molar refractivity (Wildman–Crippen MR) is 70.4 cm³/mol. The minimum atomic E-state index is -0.146. The number of aromatic nitrogens is 1. The van der Waals surface area contributed by atoms with E-state index in [2.05, 4.69) is 10.3 Å². The maximum atomic E-state index is 9.85. The number of aromatic hydroxyl groups is 1. The van der Waals surface area contributed by atoms with Gasteiger partial charge in [-0.05, 0) is 25.1 Å². The standard InChI is InChI=1S/C15H16N2O2/c1-10-6-7-11(8-16-10)14-9-17-15(19-14)12-4-2-3-5-13(12)18/h2-8,14-15,17-18H,9H2,1H3/p+1/t14-,15+/m0/s1. The van der Waals surface area contributed by atoms with Gasteiger partial charge in [0.15, 0.2) is 0 Å². The molecule has 3 N–H and O–H groups in total. The van der Waals surface area contributed by atoms with Crippen LogP contribution in [0.5, 0.6) is 5.75 Å². The molecule has 1 aliphatic heterocycles.